The van der Waals surface area contributed by atoms with Crippen molar-refractivity contribution in [2.45, 2.75) is 13.8 Å². The average molecular weight is 329 g/mol. The predicted octanol–water partition coefficient (Wildman–Crippen LogP) is 2.71. The second-order valence-corrected chi connectivity index (χ2v) is 5.04. The fourth-order valence-electron chi connectivity index (χ4n) is 2.56. The summed E-state index contributed by atoms with van der Waals surface area (Å²) in [5, 5.41) is 20.1. The van der Waals surface area contributed by atoms with Crippen LogP contribution in [0, 0.1) is 0 Å². The quantitative estimate of drug-likeness (QED) is 0.600. The van der Waals surface area contributed by atoms with E-state index in [1.165, 1.54) is 24.3 Å². The molecule has 0 aliphatic carbocycles. The van der Waals surface area contributed by atoms with Gasteiger partial charge >= 0.3 is 0 Å². The topological polar surface area (TPSA) is 87.1 Å². The number of ether oxygens (including phenoxy) is 1. The van der Waals surface area contributed by atoms with Gasteiger partial charge in [-0.2, -0.15) is 0 Å². The molecule has 0 aromatic heterocycles. The summed E-state index contributed by atoms with van der Waals surface area (Å²) in [6, 6.07) is 8.85. The zero-order valence-electron chi connectivity index (χ0n) is 13.5. The molecule has 2 N–H and O–H groups in total. The third-order valence-electron chi connectivity index (χ3n) is 3.75. The van der Waals surface area contributed by atoms with Crippen molar-refractivity contribution in [3.63, 3.8) is 0 Å². The Kier molecular flexibility index (Phi) is 5.42. The number of carbonyl (C=O) groups excluding carboxylic acids is 2. The molecule has 0 spiro atoms. The molecule has 6 heteroatoms. The molecule has 6 nitrogen and oxygen atoms in total. The van der Waals surface area contributed by atoms with Crippen molar-refractivity contribution in [3.8, 4) is 17.2 Å². The van der Waals surface area contributed by atoms with E-state index in [-0.39, 0.29) is 40.5 Å². The maximum absolute atomic E-state index is 12.8. The first-order valence-electron chi connectivity index (χ1n) is 7.59. The van der Waals surface area contributed by atoms with E-state index < -0.39 is 5.78 Å². The molecule has 0 unspecified atom stereocenters. The van der Waals surface area contributed by atoms with Crippen molar-refractivity contribution in [2.24, 2.45) is 0 Å². The molecule has 0 heterocycles. The number of para-hydroxylation sites is 1. The number of benzene rings is 2. The van der Waals surface area contributed by atoms with Crippen LogP contribution in [0.4, 0.5) is 5.69 Å². The van der Waals surface area contributed by atoms with Gasteiger partial charge in [0.1, 0.15) is 17.2 Å². The van der Waals surface area contributed by atoms with E-state index in [9.17, 15) is 19.8 Å². The minimum absolute atomic E-state index is 0.0260. The van der Waals surface area contributed by atoms with Crippen LogP contribution in [0.1, 0.15) is 29.8 Å². The van der Waals surface area contributed by atoms with Gasteiger partial charge < -0.3 is 19.8 Å². The lowest BCUT2D eigenvalue weighted by molar-refractivity contribution is -0.120. The SMILES string of the molecule is CCN(CC)c1c(O)ccc(C(=O)c2ccccc2O)c1OC=O. The zero-order chi connectivity index (χ0) is 17.7. The lowest BCUT2D eigenvalue weighted by atomic mass is 10.00. The Hall–Kier alpha value is -3.02. The highest BCUT2D eigenvalue weighted by molar-refractivity contribution is 6.13. The summed E-state index contributed by atoms with van der Waals surface area (Å²) < 4.78 is 5.03. The number of phenolic OH excluding ortho intramolecular Hbond substituents is 2. The fraction of sp³-hybridized carbons (Fsp3) is 0.222. The van der Waals surface area contributed by atoms with E-state index >= 15 is 0 Å². The molecule has 126 valence electrons. The third-order valence-corrected chi connectivity index (χ3v) is 3.75. The molecule has 0 aliphatic heterocycles. The van der Waals surface area contributed by atoms with Crippen molar-refractivity contribution >= 4 is 17.9 Å². The Bertz CT molecular complexity index is 753. The van der Waals surface area contributed by atoms with Crippen molar-refractivity contribution < 1.29 is 24.5 Å². The Morgan fingerprint density at radius 2 is 1.71 bits per heavy atom. The largest absolute Gasteiger partial charge is 0.507 e. The lowest BCUT2D eigenvalue weighted by Crippen LogP contribution is -2.23. The van der Waals surface area contributed by atoms with Crippen LogP contribution in [-0.4, -0.2) is 35.6 Å². The minimum Gasteiger partial charge on any atom is -0.507 e. The van der Waals surface area contributed by atoms with E-state index in [4.69, 9.17) is 4.74 Å². The molecule has 0 radical (unpaired) electrons. The van der Waals surface area contributed by atoms with Gasteiger partial charge in [-0.25, -0.2) is 0 Å². The van der Waals surface area contributed by atoms with E-state index in [1.54, 1.807) is 17.0 Å². The van der Waals surface area contributed by atoms with Gasteiger partial charge in [0.25, 0.3) is 6.47 Å². The summed E-state index contributed by atoms with van der Waals surface area (Å²) in [6.45, 7) is 5.07. The summed E-state index contributed by atoms with van der Waals surface area (Å²) in [6.07, 6.45) is 0. The highest BCUT2D eigenvalue weighted by atomic mass is 16.5. The predicted molar refractivity (Wildman–Crippen MR) is 89.9 cm³/mol. The van der Waals surface area contributed by atoms with Gasteiger partial charge in [-0.15, -0.1) is 0 Å². The number of rotatable bonds is 7. The average Bonchev–Trinajstić information content (AvgIpc) is 2.58. The number of carbonyl (C=O) groups is 2. The highest BCUT2D eigenvalue weighted by Gasteiger charge is 2.24. The molecular weight excluding hydrogens is 310 g/mol. The number of phenols is 2. The van der Waals surface area contributed by atoms with Gasteiger partial charge in [-0.05, 0) is 38.1 Å². The molecule has 0 amide bonds. The molecule has 2 aromatic carbocycles. The second-order valence-electron chi connectivity index (χ2n) is 5.04. The van der Waals surface area contributed by atoms with Crippen molar-refractivity contribution in [2.75, 3.05) is 18.0 Å². The maximum atomic E-state index is 12.8. The number of ketones is 1. The van der Waals surface area contributed by atoms with Crippen LogP contribution in [0.15, 0.2) is 36.4 Å². The molecule has 0 saturated heterocycles. The van der Waals surface area contributed by atoms with Crippen LogP contribution >= 0.6 is 0 Å². The minimum atomic E-state index is -0.502. The van der Waals surface area contributed by atoms with Gasteiger partial charge in [0.05, 0.1) is 11.1 Å². The lowest BCUT2D eigenvalue weighted by Gasteiger charge is -2.25. The van der Waals surface area contributed by atoms with Gasteiger partial charge in [0.2, 0.25) is 5.78 Å². The smallest absolute Gasteiger partial charge is 0.298 e. The van der Waals surface area contributed by atoms with Crippen LogP contribution < -0.4 is 9.64 Å². The Morgan fingerprint density at radius 1 is 1.04 bits per heavy atom. The van der Waals surface area contributed by atoms with Crippen LogP contribution in [0.3, 0.4) is 0 Å². The summed E-state index contributed by atoms with van der Waals surface area (Å²) in [5.74, 6) is -0.790. The zero-order valence-corrected chi connectivity index (χ0v) is 13.5. The molecule has 0 fully saturated rings. The number of hydrogen-bond acceptors (Lipinski definition) is 6. The summed E-state index contributed by atoms with van der Waals surface area (Å²) in [5.41, 5.74) is 0.445. The fourth-order valence-corrected chi connectivity index (χ4v) is 2.56. The van der Waals surface area contributed by atoms with E-state index in [2.05, 4.69) is 0 Å². The molecular formula is C18H19NO5. The second kappa shape index (κ2) is 7.50. The first kappa shape index (κ1) is 17.3. The standard InChI is InChI=1S/C18H19NO5/c1-3-19(4-2)16-15(22)10-9-13(18(16)24-11-20)17(23)12-7-5-6-8-14(12)21/h5-11,21-22H,3-4H2,1-2H3. The maximum Gasteiger partial charge on any atom is 0.298 e. The summed E-state index contributed by atoms with van der Waals surface area (Å²) >= 11 is 0. The van der Waals surface area contributed by atoms with Crippen molar-refractivity contribution in [3.05, 3.63) is 47.5 Å². The van der Waals surface area contributed by atoms with Gasteiger partial charge in [-0.1, -0.05) is 12.1 Å². The first-order valence-corrected chi connectivity index (χ1v) is 7.59. The molecule has 2 rings (SSSR count). The molecule has 0 bridgehead atoms. The molecule has 0 aliphatic rings. The molecule has 0 saturated carbocycles. The normalized spacial score (nSPS) is 10.2. The summed E-state index contributed by atoms with van der Waals surface area (Å²) in [4.78, 5) is 25.5. The van der Waals surface area contributed by atoms with E-state index in [0.717, 1.165) is 0 Å². The number of nitrogens with zero attached hydrogens (tertiary/aromatic N) is 1. The number of aromatic hydroxyl groups is 2. The van der Waals surface area contributed by atoms with E-state index in [0.29, 0.717) is 13.1 Å². The van der Waals surface area contributed by atoms with Gasteiger partial charge in [0.15, 0.2) is 5.75 Å². The Balaban J connectivity index is 2.66. The van der Waals surface area contributed by atoms with Crippen molar-refractivity contribution in [1.29, 1.82) is 0 Å². The van der Waals surface area contributed by atoms with Crippen LogP contribution in [0.2, 0.25) is 0 Å². The van der Waals surface area contributed by atoms with Gasteiger partial charge in [-0.3, -0.25) is 9.59 Å². The molecule has 2 aromatic rings. The van der Waals surface area contributed by atoms with Crippen LogP contribution in [0.25, 0.3) is 0 Å². The number of anilines is 1. The first-order chi connectivity index (χ1) is 11.5. The monoisotopic (exact) mass is 329 g/mol. The number of hydrogen-bond donors (Lipinski definition) is 2. The summed E-state index contributed by atoms with van der Waals surface area (Å²) in [7, 11) is 0. The van der Waals surface area contributed by atoms with Crippen LogP contribution in [0.5, 0.6) is 17.2 Å². The third kappa shape index (κ3) is 3.17. The van der Waals surface area contributed by atoms with Gasteiger partial charge in [0, 0.05) is 13.1 Å². The Morgan fingerprint density at radius 3 is 2.29 bits per heavy atom. The van der Waals surface area contributed by atoms with E-state index in [1.807, 2.05) is 13.8 Å². The molecule has 24 heavy (non-hydrogen) atoms. The Labute approximate surface area is 139 Å². The molecule has 0 atom stereocenters. The van der Waals surface area contributed by atoms with Crippen LogP contribution in [-0.2, 0) is 4.79 Å². The van der Waals surface area contributed by atoms with Crippen molar-refractivity contribution in [1.82, 2.24) is 0 Å². The highest BCUT2D eigenvalue weighted by Crippen LogP contribution is 2.41.